The molecule has 1 aromatic heterocycles. The Labute approximate surface area is 618 Å². The summed E-state index contributed by atoms with van der Waals surface area (Å²) in [5.41, 5.74) is 4.03. The van der Waals surface area contributed by atoms with E-state index in [1.165, 1.54) is 40.8 Å². The summed E-state index contributed by atoms with van der Waals surface area (Å²) in [7, 11) is 0.830. The fourth-order valence-corrected chi connectivity index (χ4v) is 14.5. The number of ether oxygens (including phenoxy) is 18. The van der Waals surface area contributed by atoms with Crippen LogP contribution in [0.15, 0.2) is 60.9 Å². The van der Waals surface area contributed by atoms with Gasteiger partial charge in [-0.15, -0.1) is 0 Å². The monoisotopic (exact) mass is 1510 g/mol. The zero-order valence-electron chi connectivity index (χ0n) is 57.2. The number of aliphatic hydroxyl groups is 5. The van der Waals surface area contributed by atoms with Gasteiger partial charge in [0.25, 0.3) is 13.7 Å². The van der Waals surface area contributed by atoms with Gasteiger partial charge in [0.05, 0.1) is 85.5 Å². The number of phenols is 2. The van der Waals surface area contributed by atoms with E-state index in [0.717, 1.165) is 4.57 Å². The molecule has 1 amide bonds. The van der Waals surface area contributed by atoms with E-state index < -0.39 is 152 Å². The molecule has 0 spiro atoms. The Morgan fingerprint density at radius 2 is 1.00 bits per heavy atom. The van der Waals surface area contributed by atoms with Crippen LogP contribution < -0.4 is 77.7 Å². The number of benzene rings is 4. The van der Waals surface area contributed by atoms with Crippen LogP contribution in [0.4, 0.5) is 5.95 Å². The third-order valence-corrected chi connectivity index (χ3v) is 19.1. The fraction of sp³-hybridized carbons (Fsp3) is 0.538. The molecule has 6 fully saturated rings. The average molecular weight is 1510 g/mol. The quantitative estimate of drug-likeness (QED) is 0.0164. The van der Waals surface area contributed by atoms with Gasteiger partial charge < -0.3 is 151 Å². The number of imidazole rings is 1. The molecule has 2 aliphatic carbocycles. The van der Waals surface area contributed by atoms with Crippen LogP contribution in [0.1, 0.15) is 71.3 Å². The summed E-state index contributed by atoms with van der Waals surface area (Å²) in [6.07, 6.45) is -11.0. The molecule has 5 aromatic rings. The number of nitrogens with zero attached hydrogens (tertiary/aromatic N) is 3. The van der Waals surface area contributed by atoms with Gasteiger partial charge in [-0.25, -0.2) is 4.57 Å². The molecule has 10 N–H and O–H groups in total. The molecule has 8 aliphatic heterocycles. The summed E-state index contributed by atoms with van der Waals surface area (Å²) in [5.74, 6) is -2.84. The van der Waals surface area contributed by atoms with Gasteiger partial charge in [0, 0.05) is 30.2 Å². The number of phenolic OH excluding ortho intramolecular Hbond substituents is 2. The number of rotatable bonds is 15. The summed E-state index contributed by atoms with van der Waals surface area (Å²) >= 11 is 0. The number of hydrogen-bond donors (Lipinski definition) is 10. The van der Waals surface area contributed by atoms with Gasteiger partial charge >= 0.3 is 47.4 Å². The number of methoxy groups -OCH3 is 4. The summed E-state index contributed by atoms with van der Waals surface area (Å²) in [6.45, 7) is 3.63. The first kappa shape index (κ1) is 78.6. The topological polar surface area (TPSA) is 513 Å². The van der Waals surface area contributed by atoms with Crippen LogP contribution in [0.3, 0.4) is 0 Å². The molecule has 0 bridgehead atoms. The van der Waals surface area contributed by atoms with Gasteiger partial charge in [-0.1, -0.05) is 4.98 Å². The van der Waals surface area contributed by atoms with Crippen molar-refractivity contribution in [3.05, 3.63) is 104 Å². The van der Waals surface area contributed by atoms with Crippen LogP contribution in [0.25, 0.3) is 0 Å². The number of cyclic esters (lactones) is 2. The maximum absolute atomic E-state index is 13.4. The molecule has 15 rings (SSSR count). The molecule has 9 heterocycles. The molecule has 566 valence electrons. The van der Waals surface area contributed by atoms with Crippen molar-refractivity contribution in [2.75, 3.05) is 81.6 Å². The number of fused-ring (bicyclic) bond motifs is 8. The minimum atomic E-state index is -4.89. The number of phosphoric acid groups is 1. The van der Waals surface area contributed by atoms with Crippen molar-refractivity contribution < 1.29 is 189 Å². The second-order valence-electron chi connectivity index (χ2n) is 25.2. The molecule has 0 saturated carbocycles. The first-order valence-corrected chi connectivity index (χ1v) is 34.0. The van der Waals surface area contributed by atoms with E-state index in [0.29, 0.717) is 56.4 Å². The first-order valence-electron chi connectivity index (χ1n) is 32.5. The summed E-state index contributed by atoms with van der Waals surface area (Å²) < 4.78 is 113. The molecule has 38 nitrogen and oxygen atoms in total. The van der Waals surface area contributed by atoms with E-state index in [4.69, 9.17) is 110 Å². The number of carbonyl (C=O) groups excluding carboxylic acids is 3. The third-order valence-electron chi connectivity index (χ3n) is 19.1. The number of amides is 1. The molecule has 4 aromatic carbocycles. The van der Waals surface area contributed by atoms with E-state index >= 15 is 0 Å². The van der Waals surface area contributed by atoms with Crippen molar-refractivity contribution in [3.63, 3.8) is 0 Å². The average Bonchev–Trinajstić information content (AvgIpc) is 1.68. The Balaban J connectivity index is 0.000000166. The van der Waals surface area contributed by atoms with Crippen LogP contribution in [0.5, 0.6) is 57.5 Å². The van der Waals surface area contributed by atoms with Crippen LogP contribution >= 0.6 is 7.82 Å². The van der Waals surface area contributed by atoms with E-state index in [-0.39, 0.29) is 130 Å². The Kier molecular flexibility index (Phi) is 24.6. The number of aromatic nitrogens is 2. The molecule has 105 heavy (non-hydrogen) atoms. The zero-order chi connectivity index (χ0) is 74.3. The maximum Gasteiger partial charge on any atom is 1.00 e. The van der Waals surface area contributed by atoms with E-state index in [9.17, 15) is 55.1 Å². The zero-order valence-corrected chi connectivity index (χ0v) is 60.1. The Morgan fingerprint density at radius 1 is 0.619 bits per heavy atom. The Hall–Kier alpha value is -7.51. The fourth-order valence-electron chi connectivity index (χ4n) is 14.5. The smallest absolute Gasteiger partial charge is 0.756 e. The van der Waals surface area contributed by atoms with Crippen molar-refractivity contribution >= 4 is 31.6 Å². The predicted molar refractivity (Wildman–Crippen MR) is 338 cm³/mol. The summed E-state index contributed by atoms with van der Waals surface area (Å²) in [4.78, 5) is 74.1. The van der Waals surface area contributed by atoms with E-state index in [1.807, 2.05) is 0 Å². The van der Waals surface area contributed by atoms with Crippen LogP contribution in [0.2, 0.25) is 0 Å². The number of aliphatic hydroxyl groups excluding tert-OH is 5. The second kappa shape index (κ2) is 32.9. The van der Waals surface area contributed by atoms with Gasteiger partial charge in [-0.2, -0.15) is 0 Å². The third kappa shape index (κ3) is 16.2. The van der Waals surface area contributed by atoms with Gasteiger partial charge in [0.2, 0.25) is 25.1 Å². The number of nitro groups is 1. The molecular formula is C65H76N4NaO34P. The normalized spacial score (nSPS) is 31.1. The van der Waals surface area contributed by atoms with Crippen molar-refractivity contribution in [2.24, 2.45) is 23.7 Å². The number of hydrogen-bond acceptors (Lipinski definition) is 33. The standard InChI is InChI=1S/2C29H32O13.C7H10N4O4.Na.H3O4P/c2*1-11-36-9-20-27(40-11)24(31)25(32)29(41-20)42-26-14-7-17-16(38-10-39-17)6-13(14)21(22-15(26)8-37-28(22)33)12-4-18(34-2)23(30)19(5-12)35-3;12-4-2-8-6(13)5-10-3-1-9-7(10)11(14)15;;1-5(2,3)4/h2*4-7,11,15,20-22,24-27,29-32H,8-10H2,1-3H3;1,3,12H,2,4-5H2,(H,8,13);;(H3,1,2,3,4)/q;;;+1;/p-1/t2*11-,15+,20-,21-,22+,24-,25-,26-,27-,29+;;;/m11.../s1. The molecular weight excluding hydrogens is 1430 g/mol. The minimum Gasteiger partial charge on any atom is -0.756 e. The van der Waals surface area contributed by atoms with Crippen molar-refractivity contribution in [3.8, 4) is 57.5 Å². The van der Waals surface area contributed by atoms with Crippen LogP contribution in [-0.2, 0) is 72.9 Å². The number of aromatic hydroxyl groups is 2. The largest absolute Gasteiger partial charge is 1.00 e. The minimum absolute atomic E-state index is 0. The first-order chi connectivity index (χ1) is 49.7. The van der Waals surface area contributed by atoms with Gasteiger partial charge in [-0.05, 0) is 101 Å². The SMILES string of the molecule is COc1cc([C@@H]2c3cc4c(cc3[C@@H](O[C@@H]3O[C@@H]5CO[C@@H](C)O[C@H]5[C@H](O)[C@H]3O)[C@H]3COC(=O)[C@H]23)OCO4)cc(OC)c1O.COc1cc([C@@H]2c3cc4c(cc3[C@@H](O[C@@H]3O[C@@H]5CO[C@@H](C)O[C@H]5[C@H](O)[C@H]3O)[C@H]3COC(=O)[C@H]23)OCO4)cc(OC)c1O.O=C(Cn1ccnc1[N+](=O)[O-])NCCO.O=P([O-])(O)O.[Na+]. The van der Waals surface area contributed by atoms with Crippen molar-refractivity contribution in [1.29, 1.82) is 0 Å². The number of carbonyl (C=O) groups is 3. The Morgan fingerprint density at radius 3 is 1.36 bits per heavy atom. The van der Waals surface area contributed by atoms with Gasteiger partial charge in [0.15, 0.2) is 77.7 Å². The van der Waals surface area contributed by atoms with E-state index in [2.05, 4.69) is 10.3 Å². The summed E-state index contributed by atoms with van der Waals surface area (Å²) in [6, 6.07) is 13.9. The molecule has 20 atom stereocenters. The number of nitrogens with one attached hydrogen (secondary N) is 1. The maximum atomic E-state index is 13.4. The van der Waals surface area contributed by atoms with Crippen LogP contribution in [-0.4, -0.2) is 233 Å². The van der Waals surface area contributed by atoms with Crippen molar-refractivity contribution in [1.82, 2.24) is 14.9 Å². The van der Waals surface area contributed by atoms with Gasteiger partial charge in [-0.3, -0.25) is 18.9 Å². The van der Waals surface area contributed by atoms with Gasteiger partial charge in [0.1, 0.15) is 61.2 Å². The Bertz CT molecular complexity index is 3770. The van der Waals surface area contributed by atoms with Crippen LogP contribution in [0, 0.1) is 33.8 Å². The molecule has 10 aliphatic rings. The van der Waals surface area contributed by atoms with Crippen molar-refractivity contribution in [2.45, 2.75) is 118 Å². The molecule has 40 heteroatoms. The second-order valence-corrected chi connectivity index (χ2v) is 26.1. The molecule has 0 unspecified atom stereocenters. The summed E-state index contributed by atoms with van der Waals surface area (Å²) in [5, 5.41) is 86.3. The predicted octanol–water partition coefficient (Wildman–Crippen LogP) is -2.98. The number of esters is 2. The van der Waals surface area contributed by atoms with E-state index in [1.54, 1.807) is 62.4 Å². The molecule has 6 saturated heterocycles. The molecule has 0 radical (unpaired) electrons.